The van der Waals surface area contributed by atoms with Gasteiger partial charge in [0, 0.05) is 6.07 Å². The molecular weight excluding hydrogens is 184 g/mol. The number of rotatable bonds is 2. The van der Waals surface area contributed by atoms with Crippen molar-refractivity contribution in [3.8, 4) is 17.4 Å². The summed E-state index contributed by atoms with van der Waals surface area (Å²) < 4.78 is 4.96. The molecule has 0 amide bonds. The third kappa shape index (κ3) is 1.35. The van der Waals surface area contributed by atoms with Crippen molar-refractivity contribution in [1.82, 2.24) is 25.6 Å². The van der Waals surface area contributed by atoms with Gasteiger partial charge in [-0.3, -0.25) is 0 Å². The molecule has 7 nitrogen and oxygen atoms in total. The standard InChI is InChI=1S/C7H8N6O/c1-14-5-3-2-4(8)6(9-5)7-10-12-13-11-7/h2-3H,8H2,1H3,(H,10,11,12,13). The maximum Gasteiger partial charge on any atom is 0.225 e. The second-order valence-electron chi connectivity index (χ2n) is 2.53. The van der Waals surface area contributed by atoms with E-state index in [1.54, 1.807) is 12.1 Å². The van der Waals surface area contributed by atoms with E-state index in [4.69, 9.17) is 10.5 Å². The molecule has 0 saturated carbocycles. The van der Waals surface area contributed by atoms with Crippen LogP contribution in [0.25, 0.3) is 11.5 Å². The van der Waals surface area contributed by atoms with E-state index in [0.29, 0.717) is 23.1 Å². The Morgan fingerprint density at radius 1 is 1.43 bits per heavy atom. The zero-order valence-electron chi connectivity index (χ0n) is 7.43. The van der Waals surface area contributed by atoms with Crippen molar-refractivity contribution in [1.29, 1.82) is 0 Å². The van der Waals surface area contributed by atoms with Gasteiger partial charge in [0.25, 0.3) is 0 Å². The highest BCUT2D eigenvalue weighted by atomic mass is 16.5. The van der Waals surface area contributed by atoms with Gasteiger partial charge in [-0.05, 0) is 11.3 Å². The van der Waals surface area contributed by atoms with E-state index in [1.807, 2.05) is 0 Å². The van der Waals surface area contributed by atoms with Gasteiger partial charge in [0.2, 0.25) is 11.7 Å². The zero-order valence-corrected chi connectivity index (χ0v) is 7.43. The minimum Gasteiger partial charge on any atom is -0.481 e. The van der Waals surface area contributed by atoms with Gasteiger partial charge in [0.05, 0.1) is 12.8 Å². The van der Waals surface area contributed by atoms with Crippen molar-refractivity contribution in [2.24, 2.45) is 0 Å². The molecular formula is C7H8N6O. The van der Waals surface area contributed by atoms with Crippen molar-refractivity contribution < 1.29 is 4.74 Å². The molecule has 72 valence electrons. The molecule has 0 aliphatic carbocycles. The predicted octanol–water partition coefficient (Wildman–Crippen LogP) is -0.148. The Labute approximate surface area is 79.3 Å². The highest BCUT2D eigenvalue weighted by Crippen LogP contribution is 2.21. The summed E-state index contributed by atoms with van der Waals surface area (Å²) in [4.78, 5) is 4.10. The molecule has 2 aromatic rings. The number of ether oxygens (including phenoxy) is 1. The predicted molar refractivity (Wildman–Crippen MR) is 48.4 cm³/mol. The molecule has 0 aromatic carbocycles. The van der Waals surface area contributed by atoms with Gasteiger partial charge in [0.15, 0.2) is 0 Å². The molecule has 2 heterocycles. The molecule has 7 heteroatoms. The Morgan fingerprint density at radius 3 is 2.93 bits per heavy atom. The van der Waals surface area contributed by atoms with E-state index in [0.717, 1.165) is 0 Å². The summed E-state index contributed by atoms with van der Waals surface area (Å²) in [6.07, 6.45) is 0. The fraction of sp³-hybridized carbons (Fsp3) is 0.143. The molecule has 2 aromatic heterocycles. The third-order valence-electron chi connectivity index (χ3n) is 1.67. The SMILES string of the molecule is COc1ccc(N)c(-c2nn[nH]n2)n1. The first-order valence-electron chi connectivity index (χ1n) is 3.85. The number of nitrogen functional groups attached to an aromatic ring is 1. The molecule has 3 N–H and O–H groups in total. The first-order chi connectivity index (χ1) is 6.81. The van der Waals surface area contributed by atoms with Gasteiger partial charge < -0.3 is 10.5 Å². The average molecular weight is 192 g/mol. The van der Waals surface area contributed by atoms with E-state index in [9.17, 15) is 0 Å². The largest absolute Gasteiger partial charge is 0.481 e. The van der Waals surface area contributed by atoms with E-state index in [-0.39, 0.29) is 0 Å². The summed E-state index contributed by atoms with van der Waals surface area (Å²) in [5.74, 6) is 0.806. The minimum atomic E-state index is 0.349. The van der Waals surface area contributed by atoms with Crippen LogP contribution in [-0.2, 0) is 0 Å². The number of nitrogens with two attached hydrogens (primary N) is 1. The van der Waals surface area contributed by atoms with Crippen LogP contribution in [0.1, 0.15) is 0 Å². The van der Waals surface area contributed by atoms with Crippen LogP contribution in [0.15, 0.2) is 12.1 Å². The molecule has 0 unspecified atom stereocenters. The van der Waals surface area contributed by atoms with Crippen LogP contribution in [-0.4, -0.2) is 32.7 Å². The molecule has 2 rings (SSSR count). The summed E-state index contributed by atoms with van der Waals surface area (Å²) in [5, 5.41) is 13.3. The number of methoxy groups -OCH3 is 1. The molecule has 0 bridgehead atoms. The molecule has 0 aliphatic rings. The number of aromatic nitrogens is 5. The van der Waals surface area contributed by atoms with E-state index in [2.05, 4.69) is 25.6 Å². The van der Waals surface area contributed by atoms with Crippen LogP contribution >= 0.6 is 0 Å². The number of H-pyrrole nitrogens is 1. The van der Waals surface area contributed by atoms with Crippen LogP contribution in [0.2, 0.25) is 0 Å². The fourth-order valence-corrected chi connectivity index (χ4v) is 1.01. The maximum absolute atomic E-state index is 5.70. The van der Waals surface area contributed by atoms with Crippen molar-refractivity contribution in [3.63, 3.8) is 0 Å². The van der Waals surface area contributed by atoms with Crippen LogP contribution in [0.3, 0.4) is 0 Å². The number of hydrogen-bond donors (Lipinski definition) is 2. The highest BCUT2D eigenvalue weighted by Gasteiger charge is 2.10. The fourth-order valence-electron chi connectivity index (χ4n) is 1.01. The van der Waals surface area contributed by atoms with Gasteiger partial charge in [-0.2, -0.15) is 5.21 Å². The molecule has 14 heavy (non-hydrogen) atoms. The van der Waals surface area contributed by atoms with E-state index < -0.39 is 0 Å². The first kappa shape index (κ1) is 8.42. The first-order valence-corrected chi connectivity index (χ1v) is 3.85. The summed E-state index contributed by atoms with van der Waals surface area (Å²) in [6.45, 7) is 0. The van der Waals surface area contributed by atoms with Crippen LogP contribution in [0.4, 0.5) is 5.69 Å². The number of tetrazole rings is 1. The van der Waals surface area contributed by atoms with Crippen molar-refractivity contribution >= 4 is 5.69 Å². The van der Waals surface area contributed by atoms with Gasteiger partial charge in [-0.15, -0.1) is 10.2 Å². The number of nitrogens with one attached hydrogen (secondary N) is 1. The average Bonchev–Trinajstić information content (AvgIpc) is 2.71. The molecule has 0 saturated heterocycles. The van der Waals surface area contributed by atoms with Crippen molar-refractivity contribution in [2.75, 3.05) is 12.8 Å². The van der Waals surface area contributed by atoms with Gasteiger partial charge >= 0.3 is 0 Å². The van der Waals surface area contributed by atoms with Gasteiger partial charge in [-0.25, -0.2) is 4.98 Å². The second kappa shape index (κ2) is 3.29. The van der Waals surface area contributed by atoms with Crippen molar-refractivity contribution in [3.05, 3.63) is 12.1 Å². The van der Waals surface area contributed by atoms with E-state index >= 15 is 0 Å². The summed E-state index contributed by atoms with van der Waals surface area (Å²) in [6, 6.07) is 3.34. The van der Waals surface area contributed by atoms with Crippen molar-refractivity contribution in [2.45, 2.75) is 0 Å². The van der Waals surface area contributed by atoms with Crippen LogP contribution < -0.4 is 10.5 Å². The zero-order chi connectivity index (χ0) is 9.97. The lowest BCUT2D eigenvalue weighted by Crippen LogP contribution is -1.97. The maximum atomic E-state index is 5.70. The Morgan fingerprint density at radius 2 is 2.29 bits per heavy atom. The molecule has 0 fully saturated rings. The Hall–Kier alpha value is -2.18. The van der Waals surface area contributed by atoms with Crippen LogP contribution in [0, 0.1) is 0 Å². The number of hydrogen-bond acceptors (Lipinski definition) is 6. The third-order valence-corrected chi connectivity index (χ3v) is 1.67. The summed E-state index contributed by atoms with van der Waals surface area (Å²) >= 11 is 0. The smallest absolute Gasteiger partial charge is 0.225 e. The quantitative estimate of drug-likeness (QED) is 0.686. The lowest BCUT2D eigenvalue weighted by atomic mass is 10.3. The number of aromatic amines is 1. The summed E-state index contributed by atoms with van der Waals surface area (Å²) in [5.41, 5.74) is 6.63. The normalized spacial score (nSPS) is 10.1. The minimum absolute atomic E-state index is 0.349. The number of pyridine rings is 1. The van der Waals surface area contributed by atoms with Gasteiger partial charge in [0.1, 0.15) is 5.69 Å². The molecule has 0 atom stereocenters. The lowest BCUT2D eigenvalue weighted by Gasteiger charge is -2.02. The highest BCUT2D eigenvalue weighted by molar-refractivity contribution is 5.67. The van der Waals surface area contributed by atoms with Gasteiger partial charge in [-0.1, -0.05) is 0 Å². The Bertz CT molecular complexity index is 426. The molecule has 0 spiro atoms. The topological polar surface area (TPSA) is 103 Å². The number of anilines is 1. The van der Waals surface area contributed by atoms with Crippen LogP contribution in [0.5, 0.6) is 5.88 Å². The van der Waals surface area contributed by atoms with E-state index in [1.165, 1.54) is 7.11 Å². The molecule has 0 aliphatic heterocycles. The lowest BCUT2D eigenvalue weighted by molar-refractivity contribution is 0.398. The molecule has 0 radical (unpaired) electrons. The summed E-state index contributed by atoms with van der Waals surface area (Å²) in [7, 11) is 1.53. The monoisotopic (exact) mass is 192 g/mol. The number of nitrogens with zero attached hydrogens (tertiary/aromatic N) is 4. The Kier molecular flexibility index (Phi) is 1.98. The Balaban J connectivity index is 2.51. The second-order valence-corrected chi connectivity index (χ2v) is 2.53.